The van der Waals surface area contributed by atoms with Crippen LogP contribution in [0.1, 0.15) is 6.42 Å². The zero-order valence-electron chi connectivity index (χ0n) is 12.0. The van der Waals surface area contributed by atoms with E-state index in [1.807, 2.05) is 4.90 Å². The van der Waals surface area contributed by atoms with Gasteiger partial charge < -0.3 is 15.0 Å². The summed E-state index contributed by atoms with van der Waals surface area (Å²) in [5.41, 5.74) is 0. The second-order valence-corrected chi connectivity index (χ2v) is 6.99. The van der Waals surface area contributed by atoms with Crippen molar-refractivity contribution in [2.45, 2.75) is 11.3 Å². The molecule has 116 valence electrons. The van der Waals surface area contributed by atoms with Crippen molar-refractivity contribution in [1.82, 2.24) is 10.2 Å². The number of sulfone groups is 1. The van der Waals surface area contributed by atoms with E-state index < -0.39 is 9.84 Å². The molecule has 21 heavy (non-hydrogen) atoms. The van der Waals surface area contributed by atoms with E-state index in [0.717, 1.165) is 32.4 Å². The second kappa shape index (κ2) is 6.91. The van der Waals surface area contributed by atoms with Gasteiger partial charge in [0.05, 0.1) is 17.9 Å². The minimum Gasteiger partial charge on any atom is -0.493 e. The van der Waals surface area contributed by atoms with Crippen LogP contribution in [-0.4, -0.2) is 58.3 Å². The highest BCUT2D eigenvalue weighted by Gasteiger charge is 2.16. The molecule has 1 amide bonds. The fourth-order valence-electron chi connectivity index (χ4n) is 2.12. The van der Waals surface area contributed by atoms with Crippen LogP contribution in [0.15, 0.2) is 29.2 Å². The van der Waals surface area contributed by atoms with Gasteiger partial charge in [0.25, 0.3) is 0 Å². The zero-order chi connectivity index (χ0) is 15.3. The third-order valence-corrected chi connectivity index (χ3v) is 4.40. The highest BCUT2D eigenvalue weighted by molar-refractivity contribution is 7.90. The predicted octanol–water partition coefficient (Wildman–Crippen LogP) is 0.291. The van der Waals surface area contributed by atoms with Crippen molar-refractivity contribution < 1.29 is 17.9 Å². The normalized spacial score (nSPS) is 15.8. The summed E-state index contributed by atoms with van der Waals surface area (Å²) in [6, 6.07) is 6.31. The molecule has 1 fully saturated rings. The Labute approximate surface area is 125 Å². The Kier molecular flexibility index (Phi) is 5.19. The molecule has 1 aromatic rings. The molecule has 1 heterocycles. The number of amides is 1. The molecular weight excluding hydrogens is 292 g/mol. The van der Waals surface area contributed by atoms with E-state index in [-0.39, 0.29) is 17.4 Å². The lowest BCUT2D eigenvalue weighted by Gasteiger charge is -2.27. The summed E-state index contributed by atoms with van der Waals surface area (Å²) in [4.78, 5) is 14.0. The standard InChI is InChI=1S/C14H20N2O4S/c1-21(18,19)13-4-2-3-12(11-13)20-10-5-14(17)16-8-6-15-7-9-16/h2-4,11,15H,5-10H2,1H3. The summed E-state index contributed by atoms with van der Waals surface area (Å²) in [6.45, 7) is 3.34. The molecule has 0 unspecified atom stereocenters. The van der Waals surface area contributed by atoms with Gasteiger partial charge in [-0.3, -0.25) is 4.79 Å². The molecule has 0 aliphatic carbocycles. The Balaban J connectivity index is 1.84. The van der Waals surface area contributed by atoms with Crippen molar-refractivity contribution in [3.05, 3.63) is 24.3 Å². The smallest absolute Gasteiger partial charge is 0.226 e. The van der Waals surface area contributed by atoms with Gasteiger partial charge in [-0.2, -0.15) is 0 Å². The number of carbonyl (C=O) groups is 1. The summed E-state index contributed by atoms with van der Waals surface area (Å²) >= 11 is 0. The molecular formula is C14H20N2O4S. The Morgan fingerprint density at radius 3 is 2.71 bits per heavy atom. The first-order chi connectivity index (χ1) is 9.97. The molecule has 1 aromatic carbocycles. The number of carbonyl (C=O) groups excluding carboxylic acids is 1. The van der Waals surface area contributed by atoms with Crippen LogP contribution in [0.25, 0.3) is 0 Å². The van der Waals surface area contributed by atoms with Crippen LogP contribution in [-0.2, 0) is 14.6 Å². The Morgan fingerprint density at radius 1 is 1.33 bits per heavy atom. The maximum atomic E-state index is 11.9. The number of piperazine rings is 1. The Bertz CT molecular complexity index is 595. The van der Waals surface area contributed by atoms with Crippen LogP contribution < -0.4 is 10.1 Å². The molecule has 7 heteroatoms. The summed E-state index contributed by atoms with van der Waals surface area (Å²) in [7, 11) is -3.25. The predicted molar refractivity (Wildman–Crippen MR) is 79.1 cm³/mol. The van der Waals surface area contributed by atoms with Gasteiger partial charge in [-0.25, -0.2) is 8.42 Å². The molecule has 1 aliphatic heterocycles. The van der Waals surface area contributed by atoms with Crippen molar-refractivity contribution in [1.29, 1.82) is 0 Å². The van der Waals surface area contributed by atoms with Gasteiger partial charge in [0.1, 0.15) is 5.75 Å². The first-order valence-electron chi connectivity index (χ1n) is 6.88. The number of rotatable bonds is 5. The number of nitrogens with one attached hydrogen (secondary N) is 1. The van der Waals surface area contributed by atoms with E-state index in [2.05, 4.69) is 5.32 Å². The maximum Gasteiger partial charge on any atom is 0.226 e. The van der Waals surface area contributed by atoms with Gasteiger partial charge in [0.2, 0.25) is 5.91 Å². The summed E-state index contributed by atoms with van der Waals surface area (Å²) < 4.78 is 28.4. The van der Waals surface area contributed by atoms with Crippen LogP contribution >= 0.6 is 0 Å². The quantitative estimate of drug-likeness (QED) is 0.846. The van der Waals surface area contributed by atoms with Gasteiger partial charge >= 0.3 is 0 Å². The molecule has 0 radical (unpaired) electrons. The van der Waals surface area contributed by atoms with Gasteiger partial charge in [0, 0.05) is 32.4 Å². The summed E-state index contributed by atoms with van der Waals surface area (Å²) in [5.74, 6) is 0.529. The zero-order valence-corrected chi connectivity index (χ0v) is 12.9. The van der Waals surface area contributed by atoms with Crippen LogP contribution in [0, 0.1) is 0 Å². The Morgan fingerprint density at radius 2 is 2.05 bits per heavy atom. The average molecular weight is 312 g/mol. The largest absolute Gasteiger partial charge is 0.493 e. The van der Waals surface area contributed by atoms with Gasteiger partial charge in [0.15, 0.2) is 9.84 Å². The number of ether oxygens (including phenoxy) is 1. The van der Waals surface area contributed by atoms with E-state index in [1.54, 1.807) is 12.1 Å². The third kappa shape index (κ3) is 4.71. The number of hydrogen-bond donors (Lipinski definition) is 1. The van der Waals surface area contributed by atoms with Crippen LogP contribution in [0.2, 0.25) is 0 Å². The van der Waals surface area contributed by atoms with Crippen molar-refractivity contribution >= 4 is 15.7 Å². The molecule has 2 rings (SSSR count). The summed E-state index contributed by atoms with van der Waals surface area (Å²) in [5, 5.41) is 3.19. The Hall–Kier alpha value is -1.60. The topological polar surface area (TPSA) is 75.7 Å². The molecule has 0 atom stereocenters. The average Bonchev–Trinajstić information content (AvgIpc) is 2.47. The number of hydrogen-bond acceptors (Lipinski definition) is 5. The van der Waals surface area contributed by atoms with Crippen molar-refractivity contribution in [2.24, 2.45) is 0 Å². The van der Waals surface area contributed by atoms with Crippen LogP contribution in [0.5, 0.6) is 5.75 Å². The molecule has 0 spiro atoms. The monoisotopic (exact) mass is 312 g/mol. The molecule has 1 saturated heterocycles. The molecule has 6 nitrogen and oxygen atoms in total. The first-order valence-corrected chi connectivity index (χ1v) is 8.77. The van der Waals surface area contributed by atoms with Gasteiger partial charge in [-0.1, -0.05) is 6.07 Å². The lowest BCUT2D eigenvalue weighted by molar-refractivity contribution is -0.132. The second-order valence-electron chi connectivity index (χ2n) is 4.98. The molecule has 0 aromatic heterocycles. The van der Waals surface area contributed by atoms with Crippen molar-refractivity contribution in [3.63, 3.8) is 0 Å². The minimum absolute atomic E-state index is 0.0655. The van der Waals surface area contributed by atoms with Gasteiger partial charge in [-0.05, 0) is 18.2 Å². The molecule has 1 aliphatic rings. The van der Waals surface area contributed by atoms with E-state index in [1.165, 1.54) is 12.1 Å². The van der Waals surface area contributed by atoms with E-state index in [9.17, 15) is 13.2 Å². The fourth-order valence-corrected chi connectivity index (χ4v) is 2.78. The SMILES string of the molecule is CS(=O)(=O)c1cccc(OCCC(=O)N2CCNCC2)c1. The molecule has 1 N–H and O–H groups in total. The summed E-state index contributed by atoms with van der Waals surface area (Å²) in [6.07, 6.45) is 1.45. The number of nitrogens with zero attached hydrogens (tertiary/aromatic N) is 1. The highest BCUT2D eigenvalue weighted by atomic mass is 32.2. The fraction of sp³-hybridized carbons (Fsp3) is 0.500. The highest BCUT2D eigenvalue weighted by Crippen LogP contribution is 2.17. The molecule has 0 bridgehead atoms. The lowest BCUT2D eigenvalue weighted by atomic mass is 10.3. The van der Waals surface area contributed by atoms with E-state index >= 15 is 0 Å². The van der Waals surface area contributed by atoms with Crippen LogP contribution in [0.3, 0.4) is 0 Å². The maximum absolute atomic E-state index is 11.9. The number of benzene rings is 1. The lowest BCUT2D eigenvalue weighted by Crippen LogP contribution is -2.46. The van der Waals surface area contributed by atoms with Gasteiger partial charge in [-0.15, -0.1) is 0 Å². The van der Waals surface area contributed by atoms with E-state index in [0.29, 0.717) is 12.2 Å². The minimum atomic E-state index is -3.25. The van der Waals surface area contributed by atoms with Crippen molar-refractivity contribution in [3.8, 4) is 5.75 Å². The third-order valence-electron chi connectivity index (χ3n) is 3.29. The first kappa shape index (κ1) is 15.8. The molecule has 0 saturated carbocycles. The van der Waals surface area contributed by atoms with Crippen molar-refractivity contribution in [2.75, 3.05) is 39.0 Å². The van der Waals surface area contributed by atoms with Crippen LogP contribution in [0.4, 0.5) is 0 Å². The van der Waals surface area contributed by atoms with E-state index in [4.69, 9.17) is 4.74 Å².